The van der Waals surface area contributed by atoms with Crippen molar-refractivity contribution in [2.75, 3.05) is 57.2 Å². The summed E-state index contributed by atoms with van der Waals surface area (Å²) in [4.78, 5) is 28.3. The predicted molar refractivity (Wildman–Crippen MR) is 177 cm³/mol. The maximum absolute atomic E-state index is 14.1. The number of fused-ring (bicyclic) bond motifs is 1. The van der Waals surface area contributed by atoms with Gasteiger partial charge in [0, 0.05) is 68.8 Å². The average Bonchev–Trinajstić information content (AvgIpc) is 3.44. The van der Waals surface area contributed by atoms with E-state index >= 15 is 0 Å². The van der Waals surface area contributed by atoms with E-state index in [0.717, 1.165) is 61.8 Å². The third-order valence-electron chi connectivity index (χ3n) is 8.99. The van der Waals surface area contributed by atoms with Gasteiger partial charge in [-0.2, -0.15) is 13.2 Å². The summed E-state index contributed by atoms with van der Waals surface area (Å²) >= 11 is 0. The number of piperazine rings is 1. The largest absolute Gasteiger partial charge is 0.493 e. The quantitative estimate of drug-likeness (QED) is 0.174. The molecule has 0 spiro atoms. The van der Waals surface area contributed by atoms with Crippen molar-refractivity contribution in [2.24, 2.45) is 0 Å². The zero-order valence-corrected chi connectivity index (χ0v) is 27.0. The molecule has 0 radical (unpaired) electrons. The number of aromatic nitrogens is 2. The van der Waals surface area contributed by atoms with Crippen molar-refractivity contribution in [1.29, 1.82) is 0 Å². The number of hydrogen-bond donors (Lipinski definition) is 1. The Morgan fingerprint density at radius 1 is 0.917 bits per heavy atom. The fourth-order valence-corrected chi connectivity index (χ4v) is 6.53. The molecule has 6 rings (SSSR count). The first kappa shape index (κ1) is 33.1. The number of alkyl halides is 3. The van der Waals surface area contributed by atoms with Gasteiger partial charge in [-0.1, -0.05) is 42.5 Å². The lowest BCUT2D eigenvalue weighted by Gasteiger charge is -2.37. The van der Waals surface area contributed by atoms with Crippen LogP contribution in [-0.2, 0) is 19.3 Å². The van der Waals surface area contributed by atoms with Gasteiger partial charge in [0.15, 0.2) is 11.5 Å². The van der Waals surface area contributed by atoms with Gasteiger partial charge in [0.1, 0.15) is 5.69 Å². The number of benzene rings is 3. The Balaban J connectivity index is 1.18. The molecule has 1 saturated heterocycles. The molecule has 1 unspecified atom stereocenters. The van der Waals surface area contributed by atoms with Crippen molar-refractivity contribution < 1.29 is 27.4 Å². The number of rotatable bonds is 12. The van der Waals surface area contributed by atoms with Crippen molar-refractivity contribution in [3.05, 3.63) is 107 Å². The summed E-state index contributed by atoms with van der Waals surface area (Å²) in [5.74, 6) is 0.982. The average molecular weight is 661 g/mol. The fourth-order valence-electron chi connectivity index (χ4n) is 6.53. The van der Waals surface area contributed by atoms with Crippen LogP contribution in [0.15, 0.2) is 79.0 Å². The summed E-state index contributed by atoms with van der Waals surface area (Å²) in [6.07, 6.45) is -2.40. The molecule has 0 bridgehead atoms. The van der Waals surface area contributed by atoms with Gasteiger partial charge >= 0.3 is 6.18 Å². The minimum absolute atomic E-state index is 0.0523. The number of halogens is 3. The number of methoxy groups -OCH3 is 2. The second kappa shape index (κ2) is 14.5. The molecule has 1 amide bonds. The number of ether oxygens (including phenoxy) is 2. The second-order valence-corrected chi connectivity index (χ2v) is 11.9. The van der Waals surface area contributed by atoms with Gasteiger partial charge in [-0.25, -0.2) is 9.97 Å². The van der Waals surface area contributed by atoms with E-state index in [2.05, 4.69) is 55.4 Å². The highest BCUT2D eigenvalue weighted by Crippen LogP contribution is 2.40. The first-order valence-electron chi connectivity index (χ1n) is 16.0. The number of anilines is 2. The van der Waals surface area contributed by atoms with Crippen molar-refractivity contribution in [3.63, 3.8) is 0 Å². The lowest BCUT2D eigenvalue weighted by Crippen LogP contribution is -2.46. The van der Waals surface area contributed by atoms with Crippen LogP contribution in [0, 0.1) is 0 Å². The van der Waals surface area contributed by atoms with Gasteiger partial charge in [0.25, 0.3) is 5.91 Å². The van der Waals surface area contributed by atoms with Gasteiger partial charge in [0.2, 0.25) is 5.95 Å². The van der Waals surface area contributed by atoms with Crippen molar-refractivity contribution in [1.82, 2.24) is 19.8 Å². The van der Waals surface area contributed by atoms with E-state index in [1.165, 1.54) is 5.56 Å². The Morgan fingerprint density at radius 2 is 1.69 bits per heavy atom. The Bertz CT molecular complexity index is 1710. The summed E-state index contributed by atoms with van der Waals surface area (Å²) in [6.45, 7) is 5.24. The van der Waals surface area contributed by atoms with E-state index in [1.54, 1.807) is 14.2 Å². The molecule has 1 fully saturated rings. The molecule has 0 aliphatic carbocycles. The fraction of sp³-hybridized carbons (Fsp3) is 0.361. The first-order chi connectivity index (χ1) is 23.2. The summed E-state index contributed by atoms with van der Waals surface area (Å²) in [5, 5.41) is 2.91. The second-order valence-electron chi connectivity index (χ2n) is 11.9. The smallest absolute Gasteiger partial charge is 0.433 e. The number of carbonyl (C=O) groups excluding carboxylic acids is 1. The van der Waals surface area contributed by atoms with Crippen molar-refractivity contribution >= 4 is 17.5 Å². The van der Waals surface area contributed by atoms with Crippen LogP contribution in [0.2, 0.25) is 0 Å². The molecule has 4 aromatic rings. The van der Waals surface area contributed by atoms with Crippen LogP contribution in [0.3, 0.4) is 0 Å². The molecule has 1 atom stereocenters. The highest BCUT2D eigenvalue weighted by atomic mass is 19.4. The zero-order chi connectivity index (χ0) is 33.7. The first-order valence-corrected chi connectivity index (χ1v) is 16.0. The van der Waals surface area contributed by atoms with Crippen molar-refractivity contribution in [2.45, 2.75) is 38.1 Å². The lowest BCUT2D eigenvalue weighted by atomic mass is 9.99. The number of amides is 1. The third kappa shape index (κ3) is 7.33. The molecule has 2 aliphatic heterocycles. The van der Waals surface area contributed by atoms with Crippen molar-refractivity contribution in [3.8, 4) is 11.5 Å². The van der Waals surface area contributed by atoms with E-state index in [4.69, 9.17) is 9.47 Å². The van der Waals surface area contributed by atoms with E-state index < -0.39 is 11.9 Å². The molecule has 3 heterocycles. The summed E-state index contributed by atoms with van der Waals surface area (Å²) in [7, 11) is 3.14. The predicted octanol–water partition coefficient (Wildman–Crippen LogP) is 6.42. The molecule has 252 valence electrons. The van der Waals surface area contributed by atoms with Crippen LogP contribution in [-0.4, -0.2) is 72.6 Å². The molecule has 1 aromatic heterocycles. The Kier molecular flexibility index (Phi) is 10.00. The molecular formula is C36H39F3N6O3. The number of carbonyl (C=O) groups is 1. The molecule has 48 heavy (non-hydrogen) atoms. The molecule has 2 aliphatic rings. The number of nitrogens with zero attached hydrogens (tertiary/aromatic N) is 5. The Labute approximate surface area is 278 Å². The van der Waals surface area contributed by atoms with Crippen LogP contribution in [0.25, 0.3) is 0 Å². The molecular weight excluding hydrogens is 621 g/mol. The highest BCUT2D eigenvalue weighted by Gasteiger charge is 2.36. The topological polar surface area (TPSA) is 83.1 Å². The summed E-state index contributed by atoms with van der Waals surface area (Å²) in [6, 6.07) is 22.6. The van der Waals surface area contributed by atoms with E-state index in [0.29, 0.717) is 43.0 Å². The minimum atomic E-state index is -4.56. The summed E-state index contributed by atoms with van der Waals surface area (Å²) in [5.41, 5.74) is 3.96. The van der Waals surface area contributed by atoms with E-state index in [9.17, 15) is 18.0 Å². The minimum Gasteiger partial charge on any atom is -0.493 e. The normalized spacial score (nSPS) is 15.7. The Hall–Kier alpha value is -4.84. The van der Waals surface area contributed by atoms with Gasteiger partial charge < -0.3 is 24.6 Å². The van der Waals surface area contributed by atoms with Crippen LogP contribution in [0.1, 0.15) is 51.6 Å². The number of nitrogens with one attached hydrogen (secondary N) is 1. The highest BCUT2D eigenvalue weighted by molar-refractivity contribution is 6.00. The SMILES string of the molecule is COc1ccc(C(CCCNc2nccc(C(F)(F)F)n2)N2Cc3c(cccc3N3CCN(Cc4ccccc4)CC3)C2=O)cc1OC. The Morgan fingerprint density at radius 3 is 2.42 bits per heavy atom. The third-order valence-corrected chi connectivity index (χ3v) is 8.99. The zero-order valence-electron chi connectivity index (χ0n) is 27.0. The van der Waals surface area contributed by atoms with Gasteiger partial charge in [-0.15, -0.1) is 0 Å². The van der Waals surface area contributed by atoms with E-state index in [1.807, 2.05) is 41.3 Å². The van der Waals surface area contributed by atoms with Crippen LogP contribution in [0.5, 0.6) is 11.5 Å². The van der Waals surface area contributed by atoms with Crippen LogP contribution in [0.4, 0.5) is 24.8 Å². The van der Waals surface area contributed by atoms with Gasteiger partial charge in [-0.05, 0) is 54.3 Å². The molecule has 9 nitrogen and oxygen atoms in total. The molecule has 12 heteroatoms. The monoisotopic (exact) mass is 660 g/mol. The van der Waals surface area contributed by atoms with Gasteiger partial charge in [-0.3, -0.25) is 9.69 Å². The molecule has 3 aromatic carbocycles. The number of hydrogen-bond acceptors (Lipinski definition) is 8. The standard InChI is InChI=1S/C36H39F3N6O3/c1-47-31-14-13-26(22-32(31)48-2)29(12-7-16-40-35-41-17-15-33(42-35)36(37,38)39)45-24-28-27(34(45)46)10-6-11-30(28)44-20-18-43(19-21-44)23-25-8-4-3-5-9-25/h3-6,8-11,13-15,17,22,29H,7,12,16,18-21,23-24H2,1-2H3,(H,40,41,42). The maximum Gasteiger partial charge on any atom is 0.433 e. The van der Waals surface area contributed by atoms with Crippen LogP contribution >= 0.6 is 0 Å². The van der Waals surface area contributed by atoms with Gasteiger partial charge in [0.05, 0.1) is 20.3 Å². The molecule has 1 N–H and O–H groups in total. The molecule has 0 saturated carbocycles. The van der Waals surface area contributed by atoms with Crippen LogP contribution < -0.4 is 19.7 Å². The summed E-state index contributed by atoms with van der Waals surface area (Å²) < 4.78 is 50.5. The maximum atomic E-state index is 14.1. The van der Waals surface area contributed by atoms with E-state index in [-0.39, 0.29) is 17.9 Å². The lowest BCUT2D eigenvalue weighted by molar-refractivity contribution is -0.141.